The molecule has 98 valence electrons. The van der Waals surface area contributed by atoms with Crippen LogP contribution < -0.4 is 10.6 Å². The Bertz CT molecular complexity index is 416. The first-order chi connectivity index (χ1) is 8.66. The van der Waals surface area contributed by atoms with Gasteiger partial charge in [0.2, 0.25) is 5.91 Å². The summed E-state index contributed by atoms with van der Waals surface area (Å²) in [6, 6.07) is 7.55. The first-order valence-corrected chi connectivity index (χ1v) is 6.84. The number of carbonyl (C=O) groups is 1. The van der Waals surface area contributed by atoms with E-state index in [2.05, 4.69) is 10.6 Å². The third-order valence-electron chi connectivity index (χ3n) is 3.33. The first-order valence-electron chi connectivity index (χ1n) is 6.46. The molecule has 1 aliphatic heterocycles. The minimum atomic E-state index is -0.0413. The van der Waals surface area contributed by atoms with Gasteiger partial charge in [-0.15, -0.1) is 0 Å². The molecule has 4 heteroatoms. The van der Waals surface area contributed by atoms with Gasteiger partial charge in [0.05, 0.1) is 12.1 Å². The second kappa shape index (κ2) is 6.21. The highest BCUT2D eigenvalue weighted by molar-refractivity contribution is 6.30. The van der Waals surface area contributed by atoms with Crippen molar-refractivity contribution in [3.05, 3.63) is 34.9 Å². The van der Waals surface area contributed by atoms with Gasteiger partial charge in [-0.25, -0.2) is 0 Å². The summed E-state index contributed by atoms with van der Waals surface area (Å²) in [5, 5.41) is 6.98. The Morgan fingerprint density at radius 2 is 2.33 bits per heavy atom. The normalized spacial score (nSPS) is 21.3. The summed E-state index contributed by atoms with van der Waals surface area (Å²) < 4.78 is 0. The van der Waals surface area contributed by atoms with Crippen molar-refractivity contribution in [3.8, 4) is 0 Å². The number of benzene rings is 1. The summed E-state index contributed by atoms with van der Waals surface area (Å²) >= 11 is 5.95. The summed E-state index contributed by atoms with van der Waals surface area (Å²) in [5.74, 6) is 0.0853. The molecule has 0 aliphatic carbocycles. The van der Waals surface area contributed by atoms with Gasteiger partial charge in [0.1, 0.15) is 0 Å². The highest BCUT2D eigenvalue weighted by Crippen LogP contribution is 2.18. The van der Waals surface area contributed by atoms with E-state index in [-0.39, 0.29) is 18.0 Å². The van der Waals surface area contributed by atoms with Gasteiger partial charge in [0, 0.05) is 5.02 Å². The average molecular weight is 267 g/mol. The molecule has 1 fully saturated rings. The predicted molar refractivity (Wildman–Crippen MR) is 73.7 cm³/mol. The Morgan fingerprint density at radius 3 is 3.00 bits per heavy atom. The lowest BCUT2D eigenvalue weighted by Gasteiger charge is -2.24. The monoisotopic (exact) mass is 266 g/mol. The first kappa shape index (κ1) is 13.4. The van der Waals surface area contributed by atoms with Crippen LogP contribution in [0.3, 0.4) is 0 Å². The summed E-state index contributed by atoms with van der Waals surface area (Å²) in [6.45, 7) is 2.91. The van der Waals surface area contributed by atoms with Crippen LogP contribution in [0, 0.1) is 0 Å². The van der Waals surface area contributed by atoms with E-state index in [9.17, 15) is 4.79 Å². The molecule has 1 aromatic carbocycles. The molecule has 0 bridgehead atoms. The van der Waals surface area contributed by atoms with E-state index < -0.39 is 0 Å². The zero-order valence-corrected chi connectivity index (χ0v) is 11.3. The second-order valence-electron chi connectivity index (χ2n) is 4.79. The Balaban J connectivity index is 1.94. The Morgan fingerprint density at radius 1 is 1.50 bits per heavy atom. The summed E-state index contributed by atoms with van der Waals surface area (Å²) in [4.78, 5) is 12.1. The lowest BCUT2D eigenvalue weighted by Crippen LogP contribution is -2.47. The Hall–Kier alpha value is -1.06. The molecule has 1 aromatic rings. The van der Waals surface area contributed by atoms with Gasteiger partial charge in [-0.05, 0) is 44.0 Å². The fraction of sp³-hybridized carbons (Fsp3) is 0.500. The SMILES string of the molecule is C[C@@H](NC(=O)[C@@H]1CCCCN1)c1cccc(Cl)c1. The van der Waals surface area contributed by atoms with Crippen molar-refractivity contribution < 1.29 is 4.79 Å². The van der Waals surface area contributed by atoms with Crippen LogP contribution in [0.1, 0.15) is 37.8 Å². The molecule has 0 radical (unpaired) electrons. The number of piperidine rings is 1. The van der Waals surface area contributed by atoms with Crippen LogP contribution in [0.25, 0.3) is 0 Å². The van der Waals surface area contributed by atoms with Crippen molar-refractivity contribution in [1.82, 2.24) is 10.6 Å². The van der Waals surface area contributed by atoms with Gasteiger partial charge >= 0.3 is 0 Å². The molecule has 0 aromatic heterocycles. The van der Waals surface area contributed by atoms with Crippen molar-refractivity contribution in [2.45, 2.75) is 38.3 Å². The molecule has 2 atom stereocenters. The van der Waals surface area contributed by atoms with Crippen LogP contribution in [0.15, 0.2) is 24.3 Å². The summed E-state index contributed by atoms with van der Waals surface area (Å²) in [7, 11) is 0. The van der Waals surface area contributed by atoms with E-state index >= 15 is 0 Å². The van der Waals surface area contributed by atoms with E-state index in [4.69, 9.17) is 11.6 Å². The molecule has 0 spiro atoms. The largest absolute Gasteiger partial charge is 0.348 e. The van der Waals surface area contributed by atoms with Crippen molar-refractivity contribution in [1.29, 1.82) is 0 Å². The zero-order valence-electron chi connectivity index (χ0n) is 10.6. The van der Waals surface area contributed by atoms with Crippen molar-refractivity contribution >= 4 is 17.5 Å². The number of hydrogen-bond donors (Lipinski definition) is 2. The molecule has 0 unspecified atom stereocenters. The number of nitrogens with one attached hydrogen (secondary N) is 2. The van der Waals surface area contributed by atoms with E-state index in [0.717, 1.165) is 31.4 Å². The fourth-order valence-electron chi connectivity index (χ4n) is 2.25. The third kappa shape index (κ3) is 3.47. The molecular weight excluding hydrogens is 248 g/mol. The second-order valence-corrected chi connectivity index (χ2v) is 5.22. The van der Waals surface area contributed by atoms with Crippen LogP contribution >= 0.6 is 11.6 Å². The molecule has 1 aliphatic rings. The summed E-state index contributed by atoms with van der Waals surface area (Å²) in [6.07, 6.45) is 3.21. The zero-order chi connectivity index (χ0) is 13.0. The topological polar surface area (TPSA) is 41.1 Å². The summed E-state index contributed by atoms with van der Waals surface area (Å²) in [5.41, 5.74) is 1.03. The maximum Gasteiger partial charge on any atom is 0.237 e. The van der Waals surface area contributed by atoms with Gasteiger partial charge in [-0.2, -0.15) is 0 Å². The number of rotatable bonds is 3. The Kier molecular flexibility index (Phi) is 4.61. The van der Waals surface area contributed by atoms with Gasteiger partial charge in [-0.1, -0.05) is 30.2 Å². The molecule has 0 saturated carbocycles. The van der Waals surface area contributed by atoms with Crippen molar-refractivity contribution in [2.24, 2.45) is 0 Å². The van der Waals surface area contributed by atoms with E-state index in [0.29, 0.717) is 5.02 Å². The van der Waals surface area contributed by atoms with Gasteiger partial charge in [0.15, 0.2) is 0 Å². The van der Waals surface area contributed by atoms with Crippen molar-refractivity contribution in [3.63, 3.8) is 0 Å². The van der Waals surface area contributed by atoms with Crippen LogP contribution in [0.4, 0.5) is 0 Å². The molecule has 2 rings (SSSR count). The van der Waals surface area contributed by atoms with E-state index in [1.165, 1.54) is 0 Å². The van der Waals surface area contributed by atoms with Crippen LogP contribution in [0.5, 0.6) is 0 Å². The number of hydrogen-bond acceptors (Lipinski definition) is 2. The average Bonchev–Trinajstić information content (AvgIpc) is 2.39. The van der Waals surface area contributed by atoms with E-state index in [1.807, 2.05) is 31.2 Å². The highest BCUT2D eigenvalue weighted by Gasteiger charge is 2.21. The van der Waals surface area contributed by atoms with Crippen LogP contribution in [-0.4, -0.2) is 18.5 Å². The highest BCUT2D eigenvalue weighted by atomic mass is 35.5. The molecule has 2 N–H and O–H groups in total. The lowest BCUT2D eigenvalue weighted by atomic mass is 10.0. The number of carbonyl (C=O) groups excluding carboxylic acids is 1. The van der Waals surface area contributed by atoms with E-state index in [1.54, 1.807) is 0 Å². The third-order valence-corrected chi connectivity index (χ3v) is 3.57. The molecule has 1 heterocycles. The quantitative estimate of drug-likeness (QED) is 0.883. The lowest BCUT2D eigenvalue weighted by molar-refractivity contribution is -0.124. The van der Waals surface area contributed by atoms with Crippen LogP contribution in [0.2, 0.25) is 5.02 Å². The Labute approximate surface area is 113 Å². The number of amides is 1. The van der Waals surface area contributed by atoms with Gasteiger partial charge in [0.25, 0.3) is 0 Å². The minimum absolute atomic E-state index is 0.0140. The molecule has 3 nitrogen and oxygen atoms in total. The van der Waals surface area contributed by atoms with Gasteiger partial charge in [-0.3, -0.25) is 4.79 Å². The molecule has 1 amide bonds. The minimum Gasteiger partial charge on any atom is -0.348 e. The molecular formula is C14H19ClN2O. The standard InChI is InChI=1S/C14H19ClN2O/c1-10(11-5-4-6-12(15)9-11)17-14(18)13-7-2-3-8-16-13/h4-6,9-10,13,16H,2-3,7-8H2,1H3,(H,17,18)/t10-,13+/m1/s1. The van der Waals surface area contributed by atoms with Crippen molar-refractivity contribution in [2.75, 3.05) is 6.54 Å². The predicted octanol–water partition coefficient (Wildman–Crippen LogP) is 2.66. The fourth-order valence-corrected chi connectivity index (χ4v) is 2.45. The molecule has 1 saturated heterocycles. The molecule has 18 heavy (non-hydrogen) atoms. The smallest absolute Gasteiger partial charge is 0.237 e. The van der Waals surface area contributed by atoms with Crippen LogP contribution in [-0.2, 0) is 4.79 Å². The number of halogens is 1. The maximum atomic E-state index is 12.1. The maximum absolute atomic E-state index is 12.1. The van der Waals surface area contributed by atoms with Gasteiger partial charge < -0.3 is 10.6 Å².